The first-order chi connectivity index (χ1) is 16.6. The van der Waals surface area contributed by atoms with Crippen molar-refractivity contribution in [2.24, 2.45) is 0 Å². The van der Waals surface area contributed by atoms with Crippen LogP contribution >= 0.6 is 0 Å². The van der Waals surface area contributed by atoms with Gasteiger partial charge in [-0.1, -0.05) is 12.1 Å². The van der Waals surface area contributed by atoms with Crippen LogP contribution in [0.2, 0.25) is 0 Å². The highest BCUT2D eigenvalue weighted by molar-refractivity contribution is 5.94. The molecule has 0 saturated heterocycles. The minimum absolute atomic E-state index is 0.0226. The number of carbonyl (C=O) groups is 2. The molecule has 0 spiro atoms. The topological polar surface area (TPSA) is 64.7 Å². The molecular formula is C27H30F2N4O2. The van der Waals surface area contributed by atoms with Gasteiger partial charge in [0.15, 0.2) is 0 Å². The van der Waals surface area contributed by atoms with E-state index in [2.05, 4.69) is 10.6 Å². The first-order valence-corrected chi connectivity index (χ1v) is 11.3. The molecule has 0 radical (unpaired) electrons. The molecule has 0 aliphatic heterocycles. The van der Waals surface area contributed by atoms with Crippen LogP contribution in [0.5, 0.6) is 0 Å². The summed E-state index contributed by atoms with van der Waals surface area (Å²) in [5.41, 5.74) is 3.15. The summed E-state index contributed by atoms with van der Waals surface area (Å²) >= 11 is 0. The number of urea groups is 1. The monoisotopic (exact) mass is 480 g/mol. The highest BCUT2D eigenvalue weighted by Gasteiger charge is 2.20. The zero-order valence-electron chi connectivity index (χ0n) is 20.3. The number of carbonyl (C=O) groups excluding carboxylic acids is 2. The largest absolute Gasteiger partial charge is 0.377 e. The molecule has 0 aliphatic carbocycles. The number of benzene rings is 3. The maximum atomic E-state index is 13.8. The lowest BCUT2D eigenvalue weighted by Gasteiger charge is -2.27. The molecule has 0 aliphatic rings. The molecule has 2 N–H and O–H groups in total. The van der Waals surface area contributed by atoms with Gasteiger partial charge in [-0.3, -0.25) is 4.79 Å². The van der Waals surface area contributed by atoms with Crippen LogP contribution in [0.4, 0.5) is 25.0 Å². The van der Waals surface area contributed by atoms with Crippen molar-refractivity contribution in [2.45, 2.75) is 33.0 Å². The van der Waals surface area contributed by atoms with Crippen LogP contribution in [-0.4, -0.2) is 37.0 Å². The summed E-state index contributed by atoms with van der Waals surface area (Å²) in [6.45, 7) is 4.06. The average Bonchev–Trinajstić information content (AvgIpc) is 2.78. The third kappa shape index (κ3) is 7.27. The fourth-order valence-corrected chi connectivity index (χ4v) is 3.69. The van der Waals surface area contributed by atoms with Crippen molar-refractivity contribution in [3.05, 3.63) is 95.1 Å². The molecule has 6 nitrogen and oxygen atoms in total. The van der Waals surface area contributed by atoms with Gasteiger partial charge in [0.05, 0.1) is 0 Å². The summed E-state index contributed by atoms with van der Waals surface area (Å²) in [5, 5.41) is 5.59. The summed E-state index contributed by atoms with van der Waals surface area (Å²) in [6, 6.07) is 16.5. The molecule has 0 saturated carbocycles. The van der Waals surface area contributed by atoms with Crippen molar-refractivity contribution >= 4 is 23.3 Å². The quantitative estimate of drug-likeness (QED) is 0.454. The van der Waals surface area contributed by atoms with Crippen molar-refractivity contribution in [3.63, 3.8) is 0 Å². The van der Waals surface area contributed by atoms with Crippen LogP contribution in [0.15, 0.2) is 66.7 Å². The van der Waals surface area contributed by atoms with Crippen LogP contribution in [0.3, 0.4) is 0 Å². The van der Waals surface area contributed by atoms with Gasteiger partial charge in [-0.25, -0.2) is 13.6 Å². The Kier molecular flexibility index (Phi) is 8.41. The van der Waals surface area contributed by atoms with Gasteiger partial charge in [-0.15, -0.1) is 0 Å². The van der Waals surface area contributed by atoms with E-state index in [0.717, 1.165) is 11.3 Å². The van der Waals surface area contributed by atoms with E-state index in [1.54, 1.807) is 23.1 Å². The van der Waals surface area contributed by atoms with E-state index in [1.165, 1.54) is 36.4 Å². The number of rotatable bonds is 8. The molecule has 0 atom stereocenters. The molecule has 3 rings (SSSR count). The molecule has 0 unspecified atom stereocenters. The zero-order chi connectivity index (χ0) is 25.5. The van der Waals surface area contributed by atoms with Crippen LogP contribution in [0, 0.1) is 11.6 Å². The highest BCUT2D eigenvalue weighted by atomic mass is 19.1. The summed E-state index contributed by atoms with van der Waals surface area (Å²) in [6.07, 6.45) is 0. The Morgan fingerprint density at radius 2 is 1.60 bits per heavy atom. The van der Waals surface area contributed by atoms with Gasteiger partial charge >= 0.3 is 6.03 Å². The van der Waals surface area contributed by atoms with Crippen molar-refractivity contribution in [1.29, 1.82) is 0 Å². The van der Waals surface area contributed by atoms with Gasteiger partial charge in [-0.05, 0) is 79.6 Å². The van der Waals surface area contributed by atoms with Gasteiger partial charge in [-0.2, -0.15) is 0 Å². The van der Waals surface area contributed by atoms with Crippen LogP contribution < -0.4 is 15.5 Å². The Labute approximate surface area is 204 Å². The number of amides is 3. The van der Waals surface area contributed by atoms with Gasteiger partial charge < -0.3 is 20.4 Å². The highest BCUT2D eigenvalue weighted by Crippen LogP contribution is 2.26. The average molecular weight is 481 g/mol. The second kappa shape index (κ2) is 11.5. The van der Waals surface area contributed by atoms with Gasteiger partial charge in [0.1, 0.15) is 11.6 Å². The van der Waals surface area contributed by atoms with E-state index >= 15 is 0 Å². The summed E-state index contributed by atoms with van der Waals surface area (Å²) in [7, 11) is 3.77. The molecule has 35 heavy (non-hydrogen) atoms. The van der Waals surface area contributed by atoms with E-state index in [1.807, 2.05) is 45.0 Å². The minimum Gasteiger partial charge on any atom is -0.377 e. The molecule has 184 valence electrons. The standard InChI is InChI=1S/C27H30F2N4O2/c1-18(2)30-27(35)31-24-12-13-25(32(3)4)21(15-24)17-33(16-19-6-5-7-23(29)14-19)26(34)20-8-10-22(28)11-9-20/h5-15,18H,16-17H2,1-4H3,(H2,30,31,35). The fourth-order valence-electron chi connectivity index (χ4n) is 3.69. The maximum absolute atomic E-state index is 13.8. The van der Waals surface area contributed by atoms with Crippen LogP contribution in [-0.2, 0) is 13.1 Å². The first-order valence-electron chi connectivity index (χ1n) is 11.3. The first kappa shape index (κ1) is 25.7. The van der Waals surface area contributed by atoms with Crippen LogP contribution in [0.25, 0.3) is 0 Å². The molecular weight excluding hydrogens is 450 g/mol. The van der Waals surface area contributed by atoms with Crippen molar-refractivity contribution in [1.82, 2.24) is 10.2 Å². The summed E-state index contributed by atoms with van der Waals surface area (Å²) in [5.74, 6) is -1.16. The molecule has 0 aromatic heterocycles. The number of nitrogens with one attached hydrogen (secondary N) is 2. The Hall–Kier alpha value is -3.94. The van der Waals surface area contributed by atoms with Crippen LogP contribution in [0.1, 0.15) is 35.3 Å². The Bertz CT molecular complexity index is 1180. The Morgan fingerprint density at radius 3 is 2.23 bits per heavy atom. The number of hydrogen-bond acceptors (Lipinski definition) is 3. The van der Waals surface area contributed by atoms with Crippen molar-refractivity contribution in [3.8, 4) is 0 Å². The number of hydrogen-bond donors (Lipinski definition) is 2. The normalized spacial score (nSPS) is 10.7. The molecule has 8 heteroatoms. The second-order valence-electron chi connectivity index (χ2n) is 8.79. The molecule has 3 amide bonds. The van der Waals surface area contributed by atoms with E-state index in [0.29, 0.717) is 16.8 Å². The lowest BCUT2D eigenvalue weighted by Crippen LogP contribution is -2.34. The Balaban J connectivity index is 1.96. The molecule has 0 heterocycles. The van der Waals surface area contributed by atoms with E-state index < -0.39 is 11.6 Å². The molecule has 3 aromatic rings. The second-order valence-corrected chi connectivity index (χ2v) is 8.79. The fraction of sp³-hybridized carbons (Fsp3) is 0.259. The number of halogens is 2. The SMILES string of the molecule is CC(C)NC(=O)Nc1ccc(N(C)C)c(CN(Cc2cccc(F)c2)C(=O)c2ccc(F)cc2)c1. The summed E-state index contributed by atoms with van der Waals surface area (Å²) < 4.78 is 27.3. The van der Waals surface area contributed by atoms with Gasteiger partial charge in [0.25, 0.3) is 5.91 Å². The van der Waals surface area contributed by atoms with E-state index in [-0.39, 0.29) is 31.1 Å². The molecule has 0 fully saturated rings. The van der Waals surface area contributed by atoms with E-state index in [4.69, 9.17) is 0 Å². The van der Waals surface area contributed by atoms with Gasteiger partial charge in [0, 0.05) is 50.2 Å². The summed E-state index contributed by atoms with van der Waals surface area (Å²) in [4.78, 5) is 29.1. The third-order valence-corrected chi connectivity index (χ3v) is 5.24. The number of nitrogens with zero attached hydrogens (tertiary/aromatic N) is 2. The van der Waals surface area contributed by atoms with Crippen molar-refractivity contribution in [2.75, 3.05) is 24.3 Å². The maximum Gasteiger partial charge on any atom is 0.319 e. The third-order valence-electron chi connectivity index (χ3n) is 5.24. The molecule has 0 bridgehead atoms. The van der Waals surface area contributed by atoms with Crippen molar-refractivity contribution < 1.29 is 18.4 Å². The lowest BCUT2D eigenvalue weighted by atomic mass is 10.1. The number of anilines is 2. The minimum atomic E-state index is -0.438. The Morgan fingerprint density at radius 1 is 0.886 bits per heavy atom. The lowest BCUT2D eigenvalue weighted by molar-refractivity contribution is 0.0730. The van der Waals surface area contributed by atoms with E-state index in [9.17, 15) is 18.4 Å². The zero-order valence-corrected chi connectivity index (χ0v) is 20.3. The predicted octanol–water partition coefficient (Wildman–Crippen LogP) is 5.40. The van der Waals surface area contributed by atoms with Gasteiger partial charge in [0.2, 0.25) is 0 Å². The predicted molar refractivity (Wildman–Crippen MR) is 134 cm³/mol. The smallest absolute Gasteiger partial charge is 0.319 e. The molecule has 3 aromatic carbocycles.